The van der Waals surface area contributed by atoms with Crippen molar-refractivity contribution < 1.29 is 134 Å². The number of aliphatic hydroxyl groups excluding tert-OH is 2. The summed E-state index contributed by atoms with van der Waals surface area (Å²) in [5, 5.41) is 27.1. The van der Waals surface area contributed by atoms with Gasteiger partial charge in [-0.15, -0.1) is 178 Å². The third kappa shape index (κ3) is 30.7. The number of alkyl halides is 3. The van der Waals surface area contributed by atoms with Gasteiger partial charge in [-0.3, -0.25) is 9.59 Å². The molecule has 0 aliphatic carbocycles. The molecule has 92 heavy (non-hydrogen) atoms. The first-order chi connectivity index (χ1) is 41.8. The van der Waals surface area contributed by atoms with Gasteiger partial charge in [-0.25, -0.2) is 4.85 Å². The number of halogens is 4. The predicted octanol–water partition coefficient (Wildman–Crippen LogP) is 18.2. The zero-order chi connectivity index (χ0) is 63.0. The van der Waals surface area contributed by atoms with Gasteiger partial charge in [-0.2, -0.15) is 18.3 Å². The molecule has 5 heterocycles. The third-order valence-corrected chi connectivity index (χ3v) is 11.5. The van der Waals surface area contributed by atoms with Crippen LogP contribution in [0.2, 0.25) is 5.15 Å². The Hall–Kier alpha value is -7.50. The molecule has 0 aliphatic heterocycles. The van der Waals surface area contributed by atoms with Crippen LogP contribution in [0, 0.1) is 50.8 Å². The van der Waals surface area contributed by atoms with Gasteiger partial charge in [0, 0.05) is 143 Å². The number of carbonyl (C=O) groups is 2. The van der Waals surface area contributed by atoms with Crippen LogP contribution in [-0.2, 0) is 116 Å². The third-order valence-electron chi connectivity index (χ3n) is 11.3. The molecule has 0 saturated heterocycles. The minimum absolute atomic E-state index is 0. The molecule has 0 bridgehead atoms. The number of fused-ring (bicyclic) bond motifs is 1. The van der Waals surface area contributed by atoms with E-state index in [9.17, 15) is 22.8 Å². The van der Waals surface area contributed by atoms with E-state index in [-0.39, 0.29) is 124 Å². The van der Waals surface area contributed by atoms with Crippen LogP contribution in [0.1, 0.15) is 44.4 Å². The SMILES string of the molecule is CC(=O)C=C(C)O.CC(=O)C=C(C)O.Cc1cccnc1-c1[c-]cccc1.Cc1cccnc1-c1[c-]cccc1.Clc1ccc(-c2[c-]cccc2)nn1.FC(F)(F)c1ccc(-c2[c-]cccc2)nc1.[C-]#[N+]c1ccnc(-c2[c-]ccc3ccccc23)c1.[Ir].[Ir].[Ir].[Ir].[Ir]. The van der Waals surface area contributed by atoms with Crippen LogP contribution in [0.5, 0.6) is 0 Å². The summed E-state index contributed by atoms with van der Waals surface area (Å²) in [7, 11) is 0. The normalized spacial score (nSPS) is 9.92. The van der Waals surface area contributed by atoms with Gasteiger partial charge in [-0.05, 0) is 88.6 Å². The molecule has 11 rings (SSSR count). The molecule has 0 amide bonds. The smallest absolute Gasteiger partial charge is 0.417 e. The van der Waals surface area contributed by atoms with E-state index in [1.807, 2.05) is 134 Å². The molecule has 0 saturated carbocycles. The van der Waals surface area contributed by atoms with Crippen molar-refractivity contribution in [3.63, 3.8) is 0 Å². The largest absolute Gasteiger partial charge is 0.512 e. The van der Waals surface area contributed by atoms with Crippen LogP contribution < -0.4 is 0 Å². The average Bonchev–Trinajstić information content (AvgIpc) is 1.25. The van der Waals surface area contributed by atoms with Crippen molar-refractivity contribution in [1.29, 1.82) is 0 Å². The molecule has 0 aliphatic rings. The quantitative estimate of drug-likeness (QED) is 0.0894. The van der Waals surface area contributed by atoms with Gasteiger partial charge in [0.25, 0.3) is 0 Å². The minimum Gasteiger partial charge on any atom is -0.512 e. The number of pyridine rings is 4. The van der Waals surface area contributed by atoms with E-state index in [1.54, 1.807) is 48.7 Å². The second-order valence-corrected chi connectivity index (χ2v) is 18.7. The fourth-order valence-corrected chi connectivity index (χ4v) is 7.59. The summed E-state index contributed by atoms with van der Waals surface area (Å²) in [6, 6.07) is 75.3. The van der Waals surface area contributed by atoms with Crippen LogP contribution in [0.15, 0.2) is 243 Å². The molecule has 5 aromatic heterocycles. The Morgan fingerprint density at radius 1 is 0.500 bits per heavy atom. The van der Waals surface area contributed by atoms with E-state index in [1.165, 1.54) is 57.0 Å². The molecular weight excluding hydrogens is 2080 g/mol. The maximum atomic E-state index is 12.3. The van der Waals surface area contributed by atoms with Crippen molar-refractivity contribution in [1.82, 2.24) is 30.1 Å². The van der Waals surface area contributed by atoms with Crippen LogP contribution in [0.4, 0.5) is 18.9 Å². The van der Waals surface area contributed by atoms with Crippen LogP contribution in [0.25, 0.3) is 71.9 Å². The van der Waals surface area contributed by atoms with Crippen LogP contribution in [-0.4, -0.2) is 51.9 Å². The number of ketones is 2. The Labute approximate surface area is 607 Å². The van der Waals surface area contributed by atoms with E-state index in [0.29, 0.717) is 22.1 Å². The molecule has 6 aromatic carbocycles. The monoisotopic (exact) mass is 2140 g/mol. The van der Waals surface area contributed by atoms with Crippen molar-refractivity contribution in [2.75, 3.05) is 0 Å². The van der Waals surface area contributed by atoms with Gasteiger partial charge in [0.05, 0.1) is 23.7 Å². The first-order valence-electron chi connectivity index (χ1n) is 26.6. The summed E-state index contributed by atoms with van der Waals surface area (Å²) < 4.78 is 36.8. The van der Waals surface area contributed by atoms with Gasteiger partial charge in [-0.1, -0.05) is 88.8 Å². The Balaban J connectivity index is 0.00000106. The van der Waals surface area contributed by atoms with Crippen molar-refractivity contribution in [3.05, 3.63) is 306 Å². The number of carbonyl (C=O) groups excluding carboxylic acids is 2. The van der Waals surface area contributed by atoms with E-state index in [2.05, 4.69) is 97.4 Å². The summed E-state index contributed by atoms with van der Waals surface area (Å²) in [5.74, 6) is -0.125. The van der Waals surface area contributed by atoms with E-state index in [4.69, 9.17) is 28.4 Å². The number of nitrogens with zero attached hydrogens (tertiary/aromatic N) is 7. The van der Waals surface area contributed by atoms with Gasteiger partial charge in [0.1, 0.15) is 5.15 Å². The molecule has 2 N–H and O–H groups in total. The molecule has 20 heteroatoms. The maximum Gasteiger partial charge on any atom is 0.417 e. The molecule has 0 spiro atoms. The zero-order valence-corrected chi connectivity index (χ0v) is 62.7. The topological polar surface area (TPSA) is 156 Å². The summed E-state index contributed by atoms with van der Waals surface area (Å²) >= 11 is 5.62. The number of aryl methyl sites for hydroxylation is 2. The fourth-order valence-electron chi connectivity index (χ4n) is 7.49. The maximum absolute atomic E-state index is 12.3. The number of allylic oxidation sites excluding steroid dienone is 4. The summed E-state index contributed by atoms with van der Waals surface area (Å²) in [6.07, 6.45) is 4.10. The Morgan fingerprint density at radius 2 is 0.967 bits per heavy atom. The van der Waals surface area contributed by atoms with Crippen molar-refractivity contribution in [3.8, 4) is 56.3 Å². The van der Waals surface area contributed by atoms with Gasteiger partial charge in [0.2, 0.25) is 0 Å². The molecule has 0 fully saturated rings. The number of rotatable bonds is 7. The molecule has 5 radical (unpaired) electrons. The average molecular weight is 2140 g/mol. The molecule has 483 valence electrons. The molecule has 11 aromatic rings. The molecule has 0 unspecified atom stereocenters. The molecule has 11 nitrogen and oxygen atoms in total. The van der Waals surface area contributed by atoms with E-state index < -0.39 is 11.7 Å². The first-order valence-corrected chi connectivity index (χ1v) is 26.9. The Kier molecular flexibility index (Phi) is 42.0. The summed E-state index contributed by atoms with van der Waals surface area (Å²) in [5.41, 5.74) is 11.0. The number of aliphatic hydroxyl groups is 2. The van der Waals surface area contributed by atoms with Gasteiger partial charge < -0.3 is 30.1 Å². The Morgan fingerprint density at radius 3 is 1.36 bits per heavy atom. The fraction of sp³-hybridized carbons (Fsp3) is 0.0972. The molecular formula is C72H58ClF3Ir5N7O4-5. The van der Waals surface area contributed by atoms with E-state index in [0.717, 1.165) is 68.1 Å². The van der Waals surface area contributed by atoms with Crippen molar-refractivity contribution in [2.45, 2.75) is 47.7 Å². The number of hydrogen-bond acceptors (Lipinski definition) is 10. The predicted molar refractivity (Wildman–Crippen MR) is 338 cm³/mol. The van der Waals surface area contributed by atoms with Crippen LogP contribution >= 0.6 is 11.6 Å². The molecule has 0 atom stereocenters. The summed E-state index contributed by atoms with van der Waals surface area (Å²) in [4.78, 5) is 40.2. The van der Waals surface area contributed by atoms with Gasteiger partial charge >= 0.3 is 6.18 Å². The van der Waals surface area contributed by atoms with Crippen molar-refractivity contribution in [2.24, 2.45) is 0 Å². The first kappa shape index (κ1) is 84.5. The summed E-state index contributed by atoms with van der Waals surface area (Å²) in [6.45, 7) is 16.9. The number of aromatic nitrogens is 6. The van der Waals surface area contributed by atoms with Crippen LogP contribution in [0.3, 0.4) is 0 Å². The van der Waals surface area contributed by atoms with Crippen molar-refractivity contribution >= 4 is 39.6 Å². The second kappa shape index (κ2) is 45.7. The van der Waals surface area contributed by atoms with Gasteiger partial charge in [0.15, 0.2) is 17.3 Å². The minimum atomic E-state index is -4.34. The standard InChI is InChI=1S/C16H9N2.C12H7F3N.2C12H10N.C10H6ClN2.2C5H8O2.5Ir/c1-17-13-9-10-18-16(11-13)15-8-4-6-12-5-2-3-7-14(12)15;13-12(14,15)10-6-7-11(16-8-10)9-4-2-1-3-5-9;2*1-10-6-5-9-13-12(10)11-7-3-2-4-8-11;11-10-7-6-9(12-13-10)8-4-2-1-3-5-8;2*1-4(6)3-5(2)7;;;;;/h2-7,9-11H;1-4,6-8H;2*2-7,9H,1H3;1-4,6-7H;2*3,6H,1-2H3;;;;;/q5*-1;;;;;;;. The number of hydrogen-bond donors (Lipinski definition) is 2. The van der Waals surface area contributed by atoms with E-state index >= 15 is 0 Å². The second-order valence-electron chi connectivity index (χ2n) is 18.4. The Bertz CT molecular complexity index is 3900. The zero-order valence-electron chi connectivity index (χ0n) is 50.0. The number of benzene rings is 6.